The van der Waals surface area contributed by atoms with Crippen molar-refractivity contribution in [3.63, 3.8) is 0 Å². The van der Waals surface area contributed by atoms with Gasteiger partial charge in [0.05, 0.1) is 18.1 Å². The zero-order valence-electron chi connectivity index (χ0n) is 16.4. The molecule has 10 heteroatoms. The van der Waals surface area contributed by atoms with Crippen molar-refractivity contribution >= 4 is 35.8 Å². The van der Waals surface area contributed by atoms with Gasteiger partial charge in [0, 0.05) is 30.2 Å². The van der Waals surface area contributed by atoms with E-state index >= 15 is 0 Å². The molecule has 2 saturated heterocycles. The molecular weight excluding hydrogens is 380 g/mol. The number of nitrogens with zero attached hydrogens (tertiary/aromatic N) is 1. The van der Waals surface area contributed by atoms with Crippen molar-refractivity contribution in [2.24, 2.45) is 10.8 Å². The number of hydrogen-bond donors (Lipinski definition) is 5. The summed E-state index contributed by atoms with van der Waals surface area (Å²) in [6, 6.07) is -0.152. The molecule has 2 fully saturated rings. The highest BCUT2D eigenvalue weighted by atomic mass is 32.2. The number of thioether (sulfide) groups is 1. The molecule has 9 nitrogen and oxygen atoms in total. The largest absolute Gasteiger partial charge is 0.356 e. The number of nitrogens with one attached hydrogen (secondary N) is 4. The van der Waals surface area contributed by atoms with E-state index in [1.807, 2.05) is 11.8 Å². The normalized spacial score (nSPS) is 24.5. The zero-order valence-corrected chi connectivity index (χ0v) is 17.2. The minimum Gasteiger partial charge on any atom is -0.356 e. The van der Waals surface area contributed by atoms with Gasteiger partial charge in [0.15, 0.2) is 0 Å². The number of amides is 4. The molecule has 2 aliphatic heterocycles. The molecule has 0 spiro atoms. The summed E-state index contributed by atoms with van der Waals surface area (Å²) in [4.78, 5) is 34.8. The van der Waals surface area contributed by atoms with Gasteiger partial charge < -0.3 is 21.7 Å². The minimum absolute atomic E-state index is 0.0595. The first-order valence-electron chi connectivity index (χ1n) is 9.99. The quantitative estimate of drug-likeness (QED) is 0.137. The molecule has 0 bridgehead atoms. The van der Waals surface area contributed by atoms with Crippen molar-refractivity contribution in [2.75, 3.05) is 12.3 Å². The van der Waals surface area contributed by atoms with Crippen molar-refractivity contribution in [1.29, 1.82) is 0 Å². The van der Waals surface area contributed by atoms with Crippen LogP contribution in [0.1, 0.15) is 51.9 Å². The van der Waals surface area contributed by atoms with Crippen molar-refractivity contribution < 1.29 is 14.4 Å². The Bertz CT molecular complexity index is 574. The van der Waals surface area contributed by atoms with Gasteiger partial charge in [0.25, 0.3) is 5.91 Å². The van der Waals surface area contributed by atoms with E-state index in [9.17, 15) is 14.4 Å². The topological polar surface area (TPSA) is 138 Å². The van der Waals surface area contributed by atoms with Gasteiger partial charge in [-0.15, -0.1) is 0 Å². The van der Waals surface area contributed by atoms with Crippen LogP contribution in [0.5, 0.6) is 0 Å². The molecule has 4 amide bonds. The molecule has 2 rings (SSSR count). The third-order valence-corrected chi connectivity index (χ3v) is 6.49. The van der Waals surface area contributed by atoms with Crippen LogP contribution in [0.4, 0.5) is 4.79 Å². The first-order chi connectivity index (χ1) is 13.5. The first kappa shape index (κ1) is 22.5. The number of carbonyl (C=O) groups is 3. The monoisotopic (exact) mass is 412 g/mol. The lowest BCUT2D eigenvalue weighted by Crippen LogP contribution is -2.38. The van der Waals surface area contributed by atoms with Gasteiger partial charge in [-0.05, 0) is 39.0 Å². The van der Waals surface area contributed by atoms with E-state index in [0.717, 1.165) is 37.9 Å². The Morgan fingerprint density at radius 3 is 2.93 bits per heavy atom. The summed E-state index contributed by atoms with van der Waals surface area (Å²) in [6.45, 7) is 2.31. The Kier molecular flexibility index (Phi) is 9.56. The van der Waals surface area contributed by atoms with Gasteiger partial charge in [-0.3, -0.25) is 9.59 Å². The lowest BCUT2D eigenvalue weighted by molar-refractivity contribution is -0.123. The Labute approximate surface area is 170 Å². The van der Waals surface area contributed by atoms with Crippen LogP contribution in [0.25, 0.3) is 0 Å². The van der Waals surface area contributed by atoms with Crippen LogP contribution < -0.4 is 27.1 Å². The molecule has 0 aromatic heterocycles. The Balaban J connectivity index is 1.45. The van der Waals surface area contributed by atoms with Crippen molar-refractivity contribution in [3.8, 4) is 0 Å². The predicted molar refractivity (Wildman–Crippen MR) is 111 cm³/mol. The third kappa shape index (κ3) is 7.31. The Morgan fingerprint density at radius 2 is 2.14 bits per heavy atom. The number of unbranched alkanes of at least 4 members (excludes halogenated alkanes) is 2. The van der Waals surface area contributed by atoms with Crippen LogP contribution in [-0.4, -0.2) is 59.7 Å². The minimum atomic E-state index is -0.577. The highest BCUT2D eigenvalue weighted by Crippen LogP contribution is 2.33. The molecule has 6 N–H and O–H groups in total. The molecule has 0 aromatic carbocycles. The van der Waals surface area contributed by atoms with Gasteiger partial charge in [0.2, 0.25) is 5.91 Å². The Hall–Kier alpha value is -1.81. The van der Waals surface area contributed by atoms with E-state index in [0.29, 0.717) is 24.6 Å². The second-order valence-electron chi connectivity index (χ2n) is 7.18. The van der Waals surface area contributed by atoms with Crippen molar-refractivity contribution in [1.82, 2.24) is 21.4 Å². The number of fused-ring (bicyclic) bond motifs is 1. The summed E-state index contributed by atoms with van der Waals surface area (Å²) < 4.78 is 0. The standard InChI is InChI=1S/C18H32N6O3S/c1-2-21-24-17(26)12(19)7-5-6-10-20-15(25)9-4-3-8-14-16-13(11-28-14)22-18(27)23-16/h2,12-14,16H,3-11,19H2,1H3,(H,20,25)(H,24,26)(H2,22,23,27)/b21-2+. The van der Waals surface area contributed by atoms with Gasteiger partial charge in [-0.1, -0.05) is 6.42 Å². The molecule has 0 radical (unpaired) electrons. The number of rotatable bonds is 12. The molecule has 158 valence electrons. The molecule has 2 heterocycles. The molecule has 28 heavy (non-hydrogen) atoms. The summed E-state index contributed by atoms with van der Waals surface area (Å²) in [5, 5.41) is 12.9. The van der Waals surface area contributed by atoms with E-state index in [1.165, 1.54) is 6.21 Å². The summed E-state index contributed by atoms with van der Waals surface area (Å²) in [7, 11) is 0. The molecule has 0 aliphatic carbocycles. The lowest BCUT2D eigenvalue weighted by atomic mass is 10.0. The van der Waals surface area contributed by atoms with Crippen LogP contribution in [0.15, 0.2) is 5.10 Å². The molecule has 0 aromatic rings. The zero-order chi connectivity index (χ0) is 20.4. The van der Waals surface area contributed by atoms with Gasteiger partial charge in [-0.2, -0.15) is 16.9 Å². The molecule has 4 unspecified atom stereocenters. The second kappa shape index (κ2) is 11.9. The van der Waals surface area contributed by atoms with E-state index < -0.39 is 6.04 Å². The van der Waals surface area contributed by atoms with Crippen LogP contribution in [0.3, 0.4) is 0 Å². The smallest absolute Gasteiger partial charge is 0.315 e. The SMILES string of the molecule is C/C=N/NC(=O)C(N)CCCCNC(=O)CCCCC1SCC2NC(=O)NC21. The lowest BCUT2D eigenvalue weighted by Gasteiger charge is -2.16. The maximum atomic E-state index is 11.9. The van der Waals surface area contributed by atoms with E-state index in [1.54, 1.807) is 6.92 Å². The maximum absolute atomic E-state index is 11.9. The third-order valence-electron chi connectivity index (χ3n) is 4.99. The van der Waals surface area contributed by atoms with Crippen LogP contribution >= 0.6 is 11.8 Å². The fraction of sp³-hybridized carbons (Fsp3) is 0.778. The number of hydrogen-bond acceptors (Lipinski definition) is 6. The van der Waals surface area contributed by atoms with Crippen LogP contribution in [0.2, 0.25) is 0 Å². The molecular formula is C18H32N6O3S. The number of nitrogens with two attached hydrogens (primary N) is 1. The molecule has 0 saturated carbocycles. The first-order valence-corrected chi connectivity index (χ1v) is 11.0. The molecule has 2 aliphatic rings. The number of hydrazone groups is 1. The fourth-order valence-corrected chi connectivity index (χ4v) is 4.97. The van der Waals surface area contributed by atoms with E-state index in [2.05, 4.69) is 26.5 Å². The van der Waals surface area contributed by atoms with E-state index in [-0.39, 0.29) is 29.9 Å². The second-order valence-corrected chi connectivity index (χ2v) is 8.46. The summed E-state index contributed by atoms with van der Waals surface area (Å²) in [5.41, 5.74) is 8.14. The summed E-state index contributed by atoms with van der Waals surface area (Å²) in [5.74, 6) is 0.736. The van der Waals surface area contributed by atoms with Crippen LogP contribution in [-0.2, 0) is 9.59 Å². The summed E-state index contributed by atoms with van der Waals surface area (Å²) >= 11 is 1.90. The number of urea groups is 1. The van der Waals surface area contributed by atoms with Crippen molar-refractivity contribution in [2.45, 2.75) is 75.2 Å². The van der Waals surface area contributed by atoms with Gasteiger partial charge >= 0.3 is 6.03 Å². The highest BCUT2D eigenvalue weighted by molar-refractivity contribution is 8.00. The maximum Gasteiger partial charge on any atom is 0.315 e. The average Bonchev–Trinajstić information content (AvgIpc) is 3.22. The van der Waals surface area contributed by atoms with Crippen LogP contribution in [0, 0.1) is 0 Å². The predicted octanol–water partition coefficient (Wildman–Crippen LogP) is 0.448. The average molecular weight is 413 g/mol. The molecule has 4 atom stereocenters. The van der Waals surface area contributed by atoms with Gasteiger partial charge in [-0.25, -0.2) is 10.2 Å². The number of carbonyl (C=O) groups excluding carboxylic acids is 3. The highest BCUT2D eigenvalue weighted by Gasteiger charge is 2.42. The Morgan fingerprint density at radius 1 is 1.32 bits per heavy atom. The van der Waals surface area contributed by atoms with Crippen molar-refractivity contribution in [3.05, 3.63) is 0 Å². The van der Waals surface area contributed by atoms with E-state index in [4.69, 9.17) is 5.73 Å². The summed E-state index contributed by atoms with van der Waals surface area (Å²) in [6.07, 6.45) is 6.99. The van der Waals surface area contributed by atoms with Gasteiger partial charge in [0.1, 0.15) is 0 Å². The fourth-order valence-electron chi connectivity index (χ4n) is 3.42.